The summed E-state index contributed by atoms with van der Waals surface area (Å²) >= 11 is 0. The van der Waals surface area contributed by atoms with Crippen LogP contribution in [0.25, 0.3) is 0 Å². The minimum atomic E-state index is -0.741. The van der Waals surface area contributed by atoms with Gasteiger partial charge in [-0.2, -0.15) is 0 Å². The molecular weight excluding hydrogens is 302 g/mol. The maximum Gasteiger partial charge on any atom is 0.225 e. The molecule has 4 heteroatoms. The first-order valence-corrected chi connectivity index (χ1v) is 9.22. The second-order valence-corrected chi connectivity index (χ2v) is 7.43. The first-order chi connectivity index (χ1) is 11.6. The molecule has 24 heavy (non-hydrogen) atoms. The Morgan fingerprint density at radius 3 is 2.58 bits per heavy atom. The molecule has 0 unspecified atom stereocenters. The Balaban J connectivity index is 1.42. The number of likely N-dealkylation sites (tertiary alicyclic amines) is 1. The minimum absolute atomic E-state index is 0.108. The molecule has 0 radical (unpaired) electrons. The van der Waals surface area contributed by atoms with Gasteiger partial charge in [-0.3, -0.25) is 4.79 Å². The van der Waals surface area contributed by atoms with Crippen molar-refractivity contribution in [1.82, 2.24) is 4.90 Å². The van der Waals surface area contributed by atoms with Gasteiger partial charge in [0.1, 0.15) is 0 Å². The van der Waals surface area contributed by atoms with Crippen molar-refractivity contribution in [3.63, 3.8) is 0 Å². The van der Waals surface area contributed by atoms with E-state index in [0.29, 0.717) is 13.0 Å². The number of carbonyl (C=O) groups excluding carboxylic acids is 1. The summed E-state index contributed by atoms with van der Waals surface area (Å²) in [5.74, 6) is 0.108. The van der Waals surface area contributed by atoms with Gasteiger partial charge in [-0.05, 0) is 43.7 Å². The number of hydrogen-bond acceptors (Lipinski definition) is 3. The Hall–Kier alpha value is -1.39. The maximum absolute atomic E-state index is 12.4. The van der Waals surface area contributed by atoms with Crippen LogP contribution in [0.5, 0.6) is 0 Å². The highest BCUT2D eigenvalue weighted by molar-refractivity contribution is 5.77. The first-order valence-electron chi connectivity index (χ1n) is 9.22. The largest absolute Gasteiger partial charge is 0.389 e. The smallest absolute Gasteiger partial charge is 0.225 e. The number of aryl methyl sites for hydroxylation is 1. The highest BCUT2D eigenvalue weighted by atomic mass is 16.5. The van der Waals surface area contributed by atoms with Crippen LogP contribution in [0.2, 0.25) is 0 Å². The fourth-order valence-corrected chi connectivity index (χ4v) is 3.85. The average Bonchev–Trinajstić information content (AvgIpc) is 3.00. The van der Waals surface area contributed by atoms with Crippen LogP contribution >= 0.6 is 0 Å². The molecule has 1 aromatic carbocycles. The van der Waals surface area contributed by atoms with Gasteiger partial charge in [0.25, 0.3) is 0 Å². The SMILES string of the molecule is Cc1ccccc1COC1CCN(C(=O)CC2(O)CCCC2)CC1. The number of carbonyl (C=O) groups is 1. The fraction of sp³-hybridized carbons (Fsp3) is 0.650. The average molecular weight is 331 g/mol. The normalized spacial score (nSPS) is 21.2. The van der Waals surface area contributed by atoms with Crippen molar-refractivity contribution in [2.24, 2.45) is 0 Å². The molecule has 1 aliphatic carbocycles. The first kappa shape index (κ1) is 17.4. The number of benzene rings is 1. The van der Waals surface area contributed by atoms with Crippen LogP contribution in [0, 0.1) is 6.92 Å². The van der Waals surface area contributed by atoms with Gasteiger partial charge in [-0.25, -0.2) is 0 Å². The molecule has 3 rings (SSSR count). The van der Waals surface area contributed by atoms with Gasteiger partial charge in [0, 0.05) is 13.1 Å². The van der Waals surface area contributed by atoms with E-state index in [4.69, 9.17) is 4.74 Å². The van der Waals surface area contributed by atoms with E-state index in [9.17, 15) is 9.90 Å². The van der Waals surface area contributed by atoms with Crippen molar-refractivity contribution in [2.45, 2.75) is 70.2 Å². The maximum atomic E-state index is 12.4. The molecule has 1 saturated carbocycles. The van der Waals surface area contributed by atoms with Crippen LogP contribution < -0.4 is 0 Å². The van der Waals surface area contributed by atoms with E-state index in [1.54, 1.807) is 0 Å². The summed E-state index contributed by atoms with van der Waals surface area (Å²) in [6.45, 7) is 4.24. The Labute approximate surface area is 144 Å². The summed E-state index contributed by atoms with van der Waals surface area (Å²) in [5, 5.41) is 10.4. The van der Waals surface area contributed by atoms with Gasteiger partial charge in [-0.1, -0.05) is 37.1 Å². The summed E-state index contributed by atoms with van der Waals surface area (Å²) in [6, 6.07) is 8.30. The predicted octanol–water partition coefficient (Wildman–Crippen LogP) is 3.20. The van der Waals surface area contributed by atoms with E-state index >= 15 is 0 Å². The monoisotopic (exact) mass is 331 g/mol. The number of piperidine rings is 1. The predicted molar refractivity (Wildman–Crippen MR) is 93.6 cm³/mol. The summed E-state index contributed by atoms with van der Waals surface area (Å²) in [7, 11) is 0. The molecule has 2 fully saturated rings. The topological polar surface area (TPSA) is 49.8 Å². The third-order valence-electron chi connectivity index (χ3n) is 5.55. The summed E-state index contributed by atoms with van der Waals surface area (Å²) in [5.41, 5.74) is 1.75. The van der Waals surface area contributed by atoms with Crippen LogP contribution in [-0.4, -0.2) is 40.7 Å². The van der Waals surface area contributed by atoms with Crippen molar-refractivity contribution in [1.29, 1.82) is 0 Å². The Bertz CT molecular complexity index is 558. The van der Waals surface area contributed by atoms with Gasteiger partial charge in [0.2, 0.25) is 5.91 Å². The molecule has 4 nitrogen and oxygen atoms in total. The van der Waals surface area contributed by atoms with Gasteiger partial charge >= 0.3 is 0 Å². The zero-order chi connectivity index (χ0) is 17.0. The van der Waals surface area contributed by atoms with Crippen LogP contribution in [0.1, 0.15) is 56.1 Å². The highest BCUT2D eigenvalue weighted by Gasteiger charge is 2.35. The number of ether oxygens (including phenoxy) is 1. The van der Waals surface area contributed by atoms with Crippen molar-refractivity contribution < 1.29 is 14.6 Å². The third kappa shape index (κ3) is 4.37. The summed E-state index contributed by atoms with van der Waals surface area (Å²) in [4.78, 5) is 14.3. The lowest BCUT2D eigenvalue weighted by Crippen LogP contribution is -2.43. The van der Waals surface area contributed by atoms with E-state index in [0.717, 1.165) is 51.6 Å². The Kier molecular flexibility index (Phi) is 5.57. The fourth-order valence-electron chi connectivity index (χ4n) is 3.85. The van der Waals surface area contributed by atoms with Crippen LogP contribution in [0.3, 0.4) is 0 Å². The van der Waals surface area contributed by atoms with Crippen molar-refractivity contribution in [3.05, 3.63) is 35.4 Å². The molecule has 1 aromatic rings. The second kappa shape index (κ2) is 7.66. The Morgan fingerprint density at radius 2 is 1.92 bits per heavy atom. The lowest BCUT2D eigenvalue weighted by atomic mass is 9.96. The molecule has 0 aromatic heterocycles. The molecule has 132 valence electrons. The van der Waals surface area contributed by atoms with Crippen LogP contribution in [0.15, 0.2) is 24.3 Å². The van der Waals surface area contributed by atoms with E-state index in [1.165, 1.54) is 11.1 Å². The molecule has 0 atom stereocenters. The van der Waals surface area contributed by atoms with Gasteiger partial charge in [-0.15, -0.1) is 0 Å². The summed E-state index contributed by atoms with van der Waals surface area (Å²) in [6.07, 6.45) is 5.91. The lowest BCUT2D eigenvalue weighted by Gasteiger charge is -2.34. The van der Waals surface area contributed by atoms with Crippen LogP contribution in [-0.2, 0) is 16.1 Å². The summed E-state index contributed by atoms with van der Waals surface area (Å²) < 4.78 is 6.04. The molecule has 1 saturated heterocycles. The zero-order valence-electron chi connectivity index (χ0n) is 14.7. The number of hydrogen-bond donors (Lipinski definition) is 1. The van der Waals surface area contributed by atoms with Crippen molar-refractivity contribution >= 4 is 5.91 Å². The zero-order valence-corrected chi connectivity index (χ0v) is 14.7. The molecule has 1 heterocycles. The molecule has 1 aliphatic heterocycles. The standard InChI is InChI=1S/C20H29NO3/c1-16-6-2-3-7-17(16)15-24-18-8-12-21(13-9-18)19(22)14-20(23)10-4-5-11-20/h2-3,6-7,18,23H,4-5,8-15H2,1H3. The minimum Gasteiger partial charge on any atom is -0.389 e. The molecule has 0 bridgehead atoms. The van der Waals surface area contributed by atoms with E-state index < -0.39 is 5.60 Å². The van der Waals surface area contributed by atoms with E-state index in [2.05, 4.69) is 19.1 Å². The molecule has 1 N–H and O–H groups in total. The molecular formula is C20H29NO3. The van der Waals surface area contributed by atoms with E-state index in [-0.39, 0.29) is 12.0 Å². The quantitative estimate of drug-likeness (QED) is 0.901. The number of rotatable bonds is 5. The molecule has 0 spiro atoms. The van der Waals surface area contributed by atoms with Crippen molar-refractivity contribution in [3.8, 4) is 0 Å². The molecule has 2 aliphatic rings. The third-order valence-corrected chi connectivity index (χ3v) is 5.55. The lowest BCUT2D eigenvalue weighted by molar-refractivity contribution is -0.139. The van der Waals surface area contributed by atoms with Gasteiger partial charge in [0.15, 0.2) is 0 Å². The van der Waals surface area contributed by atoms with Crippen LogP contribution in [0.4, 0.5) is 0 Å². The van der Waals surface area contributed by atoms with Crippen molar-refractivity contribution in [2.75, 3.05) is 13.1 Å². The number of nitrogens with zero attached hydrogens (tertiary/aromatic N) is 1. The number of aliphatic hydroxyl groups is 1. The Morgan fingerprint density at radius 1 is 1.25 bits per heavy atom. The van der Waals surface area contributed by atoms with E-state index in [1.807, 2.05) is 17.0 Å². The number of amides is 1. The second-order valence-electron chi connectivity index (χ2n) is 7.43. The highest BCUT2D eigenvalue weighted by Crippen LogP contribution is 2.33. The molecule has 1 amide bonds. The van der Waals surface area contributed by atoms with Gasteiger partial charge < -0.3 is 14.7 Å². The van der Waals surface area contributed by atoms with Gasteiger partial charge in [0.05, 0.1) is 24.7 Å².